The third-order valence-corrected chi connectivity index (χ3v) is 6.45. The standard InChI is InChI=1S/C24H26ClN3O/c1-2-24(29-23-5-3-4-21-19(23)8-11-26-21)28-12-9-16(10-13-28)20-15-27-22-14-17(25)6-7-18(20)22/h3-8,11,14-16,24,26-27H,2,9-10,12-13H2,1H3. The average molecular weight is 408 g/mol. The smallest absolute Gasteiger partial charge is 0.152 e. The van der Waals surface area contributed by atoms with Crippen molar-refractivity contribution in [3.8, 4) is 5.75 Å². The van der Waals surface area contributed by atoms with Crippen LogP contribution in [-0.4, -0.2) is 34.2 Å². The molecule has 150 valence electrons. The van der Waals surface area contributed by atoms with Crippen molar-refractivity contribution in [3.05, 3.63) is 65.4 Å². The molecule has 29 heavy (non-hydrogen) atoms. The molecule has 0 aliphatic carbocycles. The van der Waals surface area contributed by atoms with Gasteiger partial charge in [-0.25, -0.2) is 0 Å². The van der Waals surface area contributed by atoms with Gasteiger partial charge in [-0.1, -0.05) is 30.7 Å². The number of aromatic amines is 2. The first kappa shape index (κ1) is 18.6. The summed E-state index contributed by atoms with van der Waals surface area (Å²) in [6.07, 6.45) is 7.50. The van der Waals surface area contributed by atoms with E-state index < -0.39 is 0 Å². The fourth-order valence-electron chi connectivity index (χ4n) is 4.68. The SMILES string of the molecule is CCC(Oc1cccc2[nH]ccc12)N1CCC(c2c[nH]c3cc(Cl)ccc23)CC1. The second-order valence-corrected chi connectivity index (χ2v) is 8.36. The molecular formula is C24H26ClN3O. The van der Waals surface area contributed by atoms with Crippen LogP contribution in [0.4, 0.5) is 0 Å². The topological polar surface area (TPSA) is 44.0 Å². The zero-order valence-corrected chi connectivity index (χ0v) is 17.4. The number of fused-ring (bicyclic) bond motifs is 2. The quantitative estimate of drug-likeness (QED) is 0.408. The summed E-state index contributed by atoms with van der Waals surface area (Å²) >= 11 is 6.14. The highest BCUT2D eigenvalue weighted by Gasteiger charge is 2.27. The second kappa shape index (κ2) is 7.77. The molecule has 2 N–H and O–H groups in total. The van der Waals surface area contributed by atoms with Gasteiger partial charge in [0.05, 0.1) is 0 Å². The lowest BCUT2D eigenvalue weighted by Gasteiger charge is -2.37. The number of piperidine rings is 1. The molecule has 1 unspecified atom stereocenters. The molecule has 2 aromatic carbocycles. The van der Waals surface area contributed by atoms with E-state index in [2.05, 4.69) is 58.3 Å². The number of aromatic nitrogens is 2. The van der Waals surface area contributed by atoms with Crippen molar-refractivity contribution in [1.29, 1.82) is 0 Å². The average Bonchev–Trinajstić information content (AvgIpc) is 3.39. The lowest BCUT2D eigenvalue weighted by molar-refractivity contribution is 0.00726. The van der Waals surface area contributed by atoms with Gasteiger partial charge >= 0.3 is 0 Å². The van der Waals surface area contributed by atoms with Crippen molar-refractivity contribution in [2.24, 2.45) is 0 Å². The predicted octanol–water partition coefficient (Wildman–Crippen LogP) is 6.30. The Hall–Kier alpha value is -2.43. The number of likely N-dealkylation sites (tertiary alicyclic amines) is 1. The predicted molar refractivity (Wildman–Crippen MR) is 120 cm³/mol. The van der Waals surface area contributed by atoms with Gasteiger partial charge < -0.3 is 14.7 Å². The summed E-state index contributed by atoms with van der Waals surface area (Å²) in [4.78, 5) is 9.15. The van der Waals surface area contributed by atoms with E-state index in [1.54, 1.807) is 0 Å². The van der Waals surface area contributed by atoms with Gasteiger partial charge in [0, 0.05) is 52.3 Å². The number of hydrogen-bond acceptors (Lipinski definition) is 2. The number of rotatable bonds is 5. The van der Waals surface area contributed by atoms with Gasteiger partial charge in [0.1, 0.15) is 5.75 Å². The van der Waals surface area contributed by atoms with Gasteiger partial charge in [-0.3, -0.25) is 4.90 Å². The maximum absolute atomic E-state index is 6.47. The molecular weight excluding hydrogens is 382 g/mol. The van der Waals surface area contributed by atoms with Crippen LogP contribution in [0.15, 0.2) is 54.9 Å². The van der Waals surface area contributed by atoms with Crippen molar-refractivity contribution >= 4 is 33.4 Å². The molecule has 4 aromatic rings. The van der Waals surface area contributed by atoms with Crippen molar-refractivity contribution < 1.29 is 4.74 Å². The number of H-pyrrole nitrogens is 2. The summed E-state index contributed by atoms with van der Waals surface area (Å²) in [6.45, 7) is 4.30. The fraction of sp³-hybridized carbons (Fsp3) is 0.333. The number of nitrogens with zero attached hydrogens (tertiary/aromatic N) is 1. The minimum Gasteiger partial charge on any atom is -0.474 e. The second-order valence-electron chi connectivity index (χ2n) is 7.92. The van der Waals surface area contributed by atoms with Crippen LogP contribution in [0.3, 0.4) is 0 Å². The molecule has 1 fully saturated rings. The first-order valence-electron chi connectivity index (χ1n) is 10.5. The van der Waals surface area contributed by atoms with E-state index in [1.165, 1.54) is 10.9 Å². The summed E-state index contributed by atoms with van der Waals surface area (Å²) in [5.41, 5.74) is 3.67. The summed E-state index contributed by atoms with van der Waals surface area (Å²) < 4.78 is 6.47. The molecule has 1 saturated heterocycles. The Morgan fingerprint density at radius 3 is 2.76 bits per heavy atom. The van der Waals surface area contributed by atoms with Crippen LogP contribution in [0.25, 0.3) is 21.8 Å². The molecule has 3 heterocycles. The Bertz CT molecular complexity index is 1120. The Balaban J connectivity index is 1.29. The van der Waals surface area contributed by atoms with Crippen LogP contribution < -0.4 is 4.74 Å². The lowest BCUT2D eigenvalue weighted by Crippen LogP contribution is -2.43. The van der Waals surface area contributed by atoms with Crippen molar-refractivity contribution in [1.82, 2.24) is 14.9 Å². The van der Waals surface area contributed by atoms with E-state index in [0.29, 0.717) is 5.92 Å². The van der Waals surface area contributed by atoms with Crippen LogP contribution in [0.2, 0.25) is 5.02 Å². The number of ether oxygens (including phenoxy) is 1. The first-order chi connectivity index (χ1) is 14.2. The van der Waals surface area contributed by atoms with E-state index >= 15 is 0 Å². The number of nitrogens with one attached hydrogen (secondary N) is 2. The van der Waals surface area contributed by atoms with Gasteiger partial charge in [0.2, 0.25) is 0 Å². The van der Waals surface area contributed by atoms with Crippen LogP contribution in [0.1, 0.15) is 37.7 Å². The monoisotopic (exact) mass is 407 g/mol. The van der Waals surface area contributed by atoms with Crippen LogP contribution in [-0.2, 0) is 0 Å². The van der Waals surface area contributed by atoms with E-state index in [0.717, 1.165) is 59.5 Å². The molecule has 5 heteroatoms. The molecule has 1 aliphatic rings. The number of halogens is 1. The fourth-order valence-corrected chi connectivity index (χ4v) is 4.85. The molecule has 0 saturated carbocycles. The third-order valence-electron chi connectivity index (χ3n) is 6.22. The minimum absolute atomic E-state index is 0.109. The summed E-state index contributed by atoms with van der Waals surface area (Å²) in [7, 11) is 0. The van der Waals surface area contributed by atoms with E-state index in [-0.39, 0.29) is 6.23 Å². The van der Waals surface area contributed by atoms with Crippen LogP contribution in [0, 0.1) is 0 Å². The van der Waals surface area contributed by atoms with Gasteiger partial charge in [0.25, 0.3) is 0 Å². The van der Waals surface area contributed by atoms with Gasteiger partial charge in [0.15, 0.2) is 6.23 Å². The normalized spacial score (nSPS) is 17.2. The van der Waals surface area contributed by atoms with Crippen LogP contribution in [0.5, 0.6) is 5.75 Å². The molecule has 0 amide bonds. The van der Waals surface area contributed by atoms with Gasteiger partial charge in [-0.15, -0.1) is 0 Å². The minimum atomic E-state index is 0.109. The zero-order valence-electron chi connectivity index (χ0n) is 16.6. The Morgan fingerprint density at radius 1 is 1.07 bits per heavy atom. The van der Waals surface area contributed by atoms with E-state index in [4.69, 9.17) is 16.3 Å². The number of benzene rings is 2. The maximum atomic E-state index is 6.47. The highest BCUT2D eigenvalue weighted by Crippen LogP contribution is 2.35. The van der Waals surface area contributed by atoms with Gasteiger partial charge in [-0.05, 0) is 61.1 Å². The highest BCUT2D eigenvalue weighted by molar-refractivity contribution is 6.31. The van der Waals surface area contributed by atoms with Gasteiger partial charge in [-0.2, -0.15) is 0 Å². The molecule has 0 spiro atoms. The maximum Gasteiger partial charge on any atom is 0.152 e. The molecule has 1 atom stereocenters. The highest BCUT2D eigenvalue weighted by atomic mass is 35.5. The van der Waals surface area contributed by atoms with E-state index in [1.807, 2.05) is 18.3 Å². The lowest BCUT2D eigenvalue weighted by atomic mass is 9.89. The van der Waals surface area contributed by atoms with Crippen LogP contribution >= 0.6 is 11.6 Å². The van der Waals surface area contributed by atoms with Crippen molar-refractivity contribution in [2.45, 2.75) is 38.3 Å². The number of hydrogen-bond donors (Lipinski definition) is 2. The molecule has 0 bridgehead atoms. The first-order valence-corrected chi connectivity index (χ1v) is 10.8. The summed E-state index contributed by atoms with van der Waals surface area (Å²) in [6, 6.07) is 14.4. The Labute approximate surface area is 175 Å². The summed E-state index contributed by atoms with van der Waals surface area (Å²) in [5, 5.41) is 3.23. The molecule has 1 aliphatic heterocycles. The molecule has 4 nitrogen and oxygen atoms in total. The largest absolute Gasteiger partial charge is 0.474 e. The van der Waals surface area contributed by atoms with E-state index in [9.17, 15) is 0 Å². The zero-order chi connectivity index (χ0) is 19.8. The van der Waals surface area contributed by atoms with Crippen molar-refractivity contribution in [2.75, 3.05) is 13.1 Å². The Morgan fingerprint density at radius 2 is 1.93 bits per heavy atom. The molecule has 2 aromatic heterocycles. The third kappa shape index (κ3) is 3.52. The summed E-state index contributed by atoms with van der Waals surface area (Å²) in [5.74, 6) is 1.54. The molecule has 0 radical (unpaired) electrons. The Kier molecular flexibility index (Phi) is 4.98. The molecule has 5 rings (SSSR count). The van der Waals surface area contributed by atoms with Crippen molar-refractivity contribution in [3.63, 3.8) is 0 Å².